The Labute approximate surface area is 81.5 Å². The summed E-state index contributed by atoms with van der Waals surface area (Å²) in [4.78, 5) is 2.62. The summed E-state index contributed by atoms with van der Waals surface area (Å²) < 4.78 is 0. The molecule has 1 saturated heterocycles. The van der Waals surface area contributed by atoms with Crippen LogP contribution in [0.5, 0.6) is 0 Å². The third kappa shape index (κ3) is 1.62. The first-order valence-corrected chi connectivity index (χ1v) is 5.66. The Hall–Kier alpha value is -0.0800. The number of likely N-dealkylation sites (tertiary alicyclic amines) is 1. The van der Waals surface area contributed by atoms with Gasteiger partial charge >= 0.3 is 0 Å². The molecule has 2 N–H and O–H groups in total. The van der Waals surface area contributed by atoms with Crippen molar-refractivity contribution in [3.05, 3.63) is 0 Å². The van der Waals surface area contributed by atoms with Crippen LogP contribution in [0.15, 0.2) is 0 Å². The normalized spacial score (nSPS) is 40.2. The summed E-state index contributed by atoms with van der Waals surface area (Å²) in [7, 11) is 0. The molecule has 2 rings (SSSR count). The average molecular weight is 182 g/mol. The van der Waals surface area contributed by atoms with Crippen molar-refractivity contribution in [1.29, 1.82) is 0 Å². The van der Waals surface area contributed by atoms with Crippen LogP contribution in [0, 0.1) is 17.8 Å². The molecule has 0 aromatic rings. The molecule has 2 heteroatoms. The van der Waals surface area contributed by atoms with E-state index in [1.54, 1.807) is 0 Å². The van der Waals surface area contributed by atoms with Crippen LogP contribution >= 0.6 is 0 Å². The predicted molar refractivity (Wildman–Crippen MR) is 55.5 cm³/mol. The van der Waals surface area contributed by atoms with Gasteiger partial charge in [-0.25, -0.2) is 0 Å². The van der Waals surface area contributed by atoms with Gasteiger partial charge in [-0.3, -0.25) is 0 Å². The molecule has 3 unspecified atom stereocenters. The molecule has 76 valence electrons. The van der Waals surface area contributed by atoms with Crippen LogP contribution in [-0.2, 0) is 0 Å². The quantitative estimate of drug-likeness (QED) is 0.697. The van der Waals surface area contributed by atoms with E-state index in [4.69, 9.17) is 5.73 Å². The Morgan fingerprint density at radius 3 is 2.69 bits per heavy atom. The van der Waals surface area contributed by atoms with Gasteiger partial charge in [-0.15, -0.1) is 0 Å². The number of hydrogen-bond acceptors (Lipinski definition) is 2. The minimum atomic E-state index is 0.726. The van der Waals surface area contributed by atoms with E-state index in [1.807, 2.05) is 0 Å². The average Bonchev–Trinajstić information content (AvgIpc) is 2.60. The maximum atomic E-state index is 5.79. The SMILES string of the molecule is CC(C)N1CC2CCC(CN)C2C1. The molecule has 2 aliphatic rings. The lowest BCUT2D eigenvalue weighted by Gasteiger charge is -2.22. The number of hydrogen-bond donors (Lipinski definition) is 1. The highest BCUT2D eigenvalue weighted by Gasteiger charge is 2.42. The van der Waals surface area contributed by atoms with Crippen molar-refractivity contribution >= 4 is 0 Å². The van der Waals surface area contributed by atoms with Crippen LogP contribution in [0.1, 0.15) is 26.7 Å². The fourth-order valence-electron chi connectivity index (χ4n) is 3.13. The first-order valence-electron chi connectivity index (χ1n) is 5.66. The summed E-state index contributed by atoms with van der Waals surface area (Å²) >= 11 is 0. The molecular weight excluding hydrogens is 160 g/mol. The fourth-order valence-corrected chi connectivity index (χ4v) is 3.13. The van der Waals surface area contributed by atoms with Crippen molar-refractivity contribution in [2.45, 2.75) is 32.7 Å². The Bertz CT molecular complexity index is 179. The number of nitrogens with zero attached hydrogens (tertiary/aromatic N) is 1. The highest BCUT2D eigenvalue weighted by molar-refractivity contribution is 4.94. The molecule has 0 amide bonds. The third-order valence-electron chi connectivity index (χ3n) is 4.07. The molecule has 13 heavy (non-hydrogen) atoms. The fraction of sp³-hybridized carbons (Fsp3) is 1.00. The van der Waals surface area contributed by atoms with Crippen molar-refractivity contribution in [2.75, 3.05) is 19.6 Å². The van der Waals surface area contributed by atoms with E-state index < -0.39 is 0 Å². The van der Waals surface area contributed by atoms with Crippen LogP contribution in [0.2, 0.25) is 0 Å². The molecule has 2 nitrogen and oxygen atoms in total. The molecule has 3 atom stereocenters. The van der Waals surface area contributed by atoms with Crippen LogP contribution in [0.4, 0.5) is 0 Å². The smallest absolute Gasteiger partial charge is 0.00388 e. The summed E-state index contributed by atoms with van der Waals surface area (Å²) in [6, 6.07) is 0.726. The second-order valence-electron chi connectivity index (χ2n) is 5.04. The Morgan fingerprint density at radius 2 is 2.08 bits per heavy atom. The predicted octanol–water partition coefficient (Wildman–Crippen LogP) is 1.31. The Balaban J connectivity index is 1.97. The van der Waals surface area contributed by atoms with Gasteiger partial charge in [0.2, 0.25) is 0 Å². The molecule has 2 fully saturated rings. The summed E-state index contributed by atoms with van der Waals surface area (Å²) in [5.41, 5.74) is 5.79. The molecule has 1 aliphatic heterocycles. The highest BCUT2D eigenvalue weighted by atomic mass is 15.2. The van der Waals surface area contributed by atoms with Gasteiger partial charge in [0.25, 0.3) is 0 Å². The molecule has 0 bridgehead atoms. The zero-order chi connectivity index (χ0) is 9.42. The minimum Gasteiger partial charge on any atom is -0.330 e. The molecular formula is C11H22N2. The first kappa shape index (κ1) is 9.47. The Morgan fingerprint density at radius 1 is 1.31 bits per heavy atom. The number of fused-ring (bicyclic) bond motifs is 1. The van der Waals surface area contributed by atoms with Crippen LogP contribution < -0.4 is 5.73 Å². The number of nitrogens with two attached hydrogens (primary N) is 1. The molecule has 0 spiro atoms. The van der Waals surface area contributed by atoms with E-state index in [-0.39, 0.29) is 0 Å². The summed E-state index contributed by atoms with van der Waals surface area (Å²) in [5, 5.41) is 0. The van der Waals surface area contributed by atoms with E-state index in [2.05, 4.69) is 18.7 Å². The standard InChI is InChI=1S/C11H22N2/c1-8(2)13-6-10-4-3-9(5-12)11(10)7-13/h8-11H,3-7,12H2,1-2H3. The van der Waals surface area contributed by atoms with Crippen LogP contribution in [-0.4, -0.2) is 30.6 Å². The summed E-state index contributed by atoms with van der Waals surface area (Å²) in [6.45, 7) is 8.16. The second-order valence-corrected chi connectivity index (χ2v) is 5.04. The summed E-state index contributed by atoms with van der Waals surface area (Å²) in [6.07, 6.45) is 2.81. The third-order valence-corrected chi connectivity index (χ3v) is 4.07. The van der Waals surface area contributed by atoms with Gasteiger partial charge in [0, 0.05) is 19.1 Å². The van der Waals surface area contributed by atoms with Gasteiger partial charge in [0.1, 0.15) is 0 Å². The first-order chi connectivity index (χ1) is 6.22. The van der Waals surface area contributed by atoms with Gasteiger partial charge in [-0.1, -0.05) is 0 Å². The molecule has 1 heterocycles. The van der Waals surface area contributed by atoms with Crippen molar-refractivity contribution in [3.63, 3.8) is 0 Å². The van der Waals surface area contributed by atoms with Crippen LogP contribution in [0.3, 0.4) is 0 Å². The monoisotopic (exact) mass is 182 g/mol. The van der Waals surface area contributed by atoms with Gasteiger partial charge < -0.3 is 10.6 Å². The zero-order valence-corrected chi connectivity index (χ0v) is 8.87. The lowest BCUT2D eigenvalue weighted by Crippen LogP contribution is -2.30. The van der Waals surface area contributed by atoms with Gasteiger partial charge in [-0.05, 0) is 51.0 Å². The Kier molecular flexibility index (Phi) is 2.61. The van der Waals surface area contributed by atoms with Crippen LogP contribution in [0.25, 0.3) is 0 Å². The van der Waals surface area contributed by atoms with Crippen molar-refractivity contribution in [3.8, 4) is 0 Å². The van der Waals surface area contributed by atoms with E-state index >= 15 is 0 Å². The van der Waals surface area contributed by atoms with Crippen molar-refractivity contribution in [1.82, 2.24) is 4.90 Å². The maximum Gasteiger partial charge on any atom is 0.00388 e. The lowest BCUT2D eigenvalue weighted by molar-refractivity contribution is 0.242. The molecule has 0 radical (unpaired) electrons. The van der Waals surface area contributed by atoms with E-state index in [9.17, 15) is 0 Å². The van der Waals surface area contributed by atoms with Crippen molar-refractivity contribution < 1.29 is 0 Å². The zero-order valence-electron chi connectivity index (χ0n) is 8.87. The molecule has 1 saturated carbocycles. The maximum absolute atomic E-state index is 5.79. The lowest BCUT2D eigenvalue weighted by atomic mass is 9.93. The van der Waals surface area contributed by atoms with E-state index in [0.29, 0.717) is 0 Å². The van der Waals surface area contributed by atoms with E-state index in [0.717, 1.165) is 30.3 Å². The van der Waals surface area contributed by atoms with Crippen molar-refractivity contribution in [2.24, 2.45) is 23.5 Å². The van der Waals surface area contributed by atoms with Gasteiger partial charge in [-0.2, -0.15) is 0 Å². The largest absolute Gasteiger partial charge is 0.330 e. The van der Waals surface area contributed by atoms with Gasteiger partial charge in [0.05, 0.1) is 0 Å². The summed E-state index contributed by atoms with van der Waals surface area (Å²) in [5.74, 6) is 2.72. The molecule has 0 aromatic heterocycles. The molecule has 0 aromatic carbocycles. The highest BCUT2D eigenvalue weighted by Crippen LogP contribution is 2.42. The minimum absolute atomic E-state index is 0.726. The second kappa shape index (κ2) is 3.58. The number of rotatable bonds is 2. The van der Waals surface area contributed by atoms with E-state index in [1.165, 1.54) is 25.9 Å². The van der Waals surface area contributed by atoms with Gasteiger partial charge in [0.15, 0.2) is 0 Å². The topological polar surface area (TPSA) is 29.3 Å². The molecule has 1 aliphatic carbocycles.